The first kappa shape index (κ1) is 26.6. The summed E-state index contributed by atoms with van der Waals surface area (Å²) in [5.41, 5.74) is 5.40. The molecule has 0 aliphatic rings. The smallest absolute Gasteiger partial charge is 0.273 e. The lowest BCUT2D eigenvalue weighted by molar-refractivity contribution is 0.0745. The largest absolute Gasteiger partial charge is 0.331 e. The summed E-state index contributed by atoms with van der Waals surface area (Å²) in [4.78, 5) is 26.3. The number of nitriles is 1. The molecule has 0 spiro atoms. The summed E-state index contributed by atoms with van der Waals surface area (Å²) >= 11 is 6.18. The number of aliphatic imine (C=N–C) groups is 1. The van der Waals surface area contributed by atoms with Gasteiger partial charge in [0.05, 0.1) is 30.0 Å². The lowest BCUT2D eigenvalue weighted by atomic mass is 10.1. The van der Waals surface area contributed by atoms with Gasteiger partial charge in [0.25, 0.3) is 5.91 Å². The minimum Gasteiger partial charge on any atom is -0.331 e. The minimum atomic E-state index is -0.196. The third-order valence-electron chi connectivity index (χ3n) is 6.24. The number of fused-ring (bicyclic) bond motifs is 1. The van der Waals surface area contributed by atoms with Crippen LogP contribution >= 0.6 is 11.6 Å². The van der Waals surface area contributed by atoms with Crippen LogP contribution in [0.3, 0.4) is 0 Å². The Balaban J connectivity index is 1.63. The Morgan fingerprint density at radius 1 is 1.08 bits per heavy atom. The van der Waals surface area contributed by atoms with Crippen LogP contribution in [-0.4, -0.2) is 40.6 Å². The molecule has 4 rings (SSSR count). The van der Waals surface area contributed by atoms with E-state index in [1.807, 2.05) is 72.5 Å². The van der Waals surface area contributed by atoms with Crippen molar-refractivity contribution in [3.8, 4) is 6.07 Å². The molecular weight excluding hydrogens is 494 g/mol. The summed E-state index contributed by atoms with van der Waals surface area (Å²) in [7, 11) is 1.69. The topological polar surface area (TPSA) is 72.6 Å². The molecule has 38 heavy (non-hydrogen) atoms. The van der Waals surface area contributed by atoms with Crippen molar-refractivity contribution in [2.45, 2.75) is 20.0 Å². The second-order valence-corrected chi connectivity index (χ2v) is 9.43. The van der Waals surface area contributed by atoms with Gasteiger partial charge < -0.3 is 9.80 Å². The Kier molecular flexibility index (Phi) is 8.52. The molecule has 0 N–H and O–H groups in total. The number of nitrogens with zero attached hydrogens (tertiary/aromatic N) is 5. The van der Waals surface area contributed by atoms with E-state index in [1.54, 1.807) is 36.5 Å². The highest BCUT2D eigenvalue weighted by molar-refractivity contribution is 6.30. The van der Waals surface area contributed by atoms with Crippen molar-refractivity contribution in [2.75, 3.05) is 13.6 Å². The molecule has 190 valence electrons. The van der Waals surface area contributed by atoms with E-state index in [1.165, 1.54) is 0 Å². The molecule has 0 fully saturated rings. The van der Waals surface area contributed by atoms with Gasteiger partial charge in [-0.3, -0.25) is 9.79 Å². The van der Waals surface area contributed by atoms with Crippen LogP contribution in [0.15, 0.2) is 96.1 Å². The Morgan fingerprint density at radius 3 is 2.55 bits per heavy atom. The molecule has 0 radical (unpaired) electrons. The van der Waals surface area contributed by atoms with Gasteiger partial charge in [-0.15, -0.1) is 0 Å². The minimum absolute atomic E-state index is 0.196. The molecule has 1 heterocycles. The number of halogens is 1. The van der Waals surface area contributed by atoms with E-state index in [9.17, 15) is 4.79 Å². The Hall–Kier alpha value is -4.47. The van der Waals surface area contributed by atoms with Crippen molar-refractivity contribution in [1.29, 1.82) is 5.26 Å². The maximum atomic E-state index is 13.8. The lowest BCUT2D eigenvalue weighted by Gasteiger charge is -2.29. The van der Waals surface area contributed by atoms with E-state index in [-0.39, 0.29) is 12.5 Å². The van der Waals surface area contributed by atoms with Crippen LogP contribution in [0.1, 0.15) is 32.7 Å². The van der Waals surface area contributed by atoms with Gasteiger partial charge in [0, 0.05) is 36.2 Å². The third-order valence-corrected chi connectivity index (χ3v) is 6.48. The monoisotopic (exact) mass is 521 g/mol. The molecule has 3 aromatic carbocycles. The van der Waals surface area contributed by atoms with Crippen molar-refractivity contribution < 1.29 is 4.79 Å². The van der Waals surface area contributed by atoms with Crippen LogP contribution < -0.4 is 0 Å². The van der Waals surface area contributed by atoms with E-state index >= 15 is 0 Å². The van der Waals surface area contributed by atoms with Crippen molar-refractivity contribution >= 4 is 34.7 Å². The molecule has 0 unspecified atom stereocenters. The molecule has 0 aliphatic carbocycles. The molecule has 6 nitrogen and oxygen atoms in total. The first-order valence-corrected chi connectivity index (χ1v) is 12.5. The molecule has 0 saturated heterocycles. The molecule has 1 aromatic heterocycles. The summed E-state index contributed by atoms with van der Waals surface area (Å²) in [5, 5.41) is 10.7. The van der Waals surface area contributed by atoms with Gasteiger partial charge in [0.2, 0.25) is 0 Å². The first-order chi connectivity index (χ1) is 18.4. The highest BCUT2D eigenvalue weighted by Gasteiger charge is 2.21. The highest BCUT2D eigenvalue weighted by atomic mass is 35.5. The normalized spacial score (nSPS) is 10.9. The molecule has 0 bridgehead atoms. The fraction of sp³-hybridized carbons (Fsp3) is 0.161. The lowest BCUT2D eigenvalue weighted by Crippen LogP contribution is -2.36. The molecule has 0 aliphatic heterocycles. The predicted molar refractivity (Wildman–Crippen MR) is 153 cm³/mol. The zero-order valence-electron chi connectivity index (χ0n) is 21.4. The van der Waals surface area contributed by atoms with Crippen LogP contribution in [0.4, 0.5) is 0 Å². The number of pyridine rings is 1. The van der Waals surface area contributed by atoms with Crippen molar-refractivity contribution in [3.05, 3.63) is 124 Å². The molecule has 4 aromatic rings. The van der Waals surface area contributed by atoms with Crippen LogP contribution in [-0.2, 0) is 13.1 Å². The van der Waals surface area contributed by atoms with Crippen LogP contribution in [0.25, 0.3) is 10.9 Å². The summed E-state index contributed by atoms with van der Waals surface area (Å²) in [6, 6.07) is 26.6. The van der Waals surface area contributed by atoms with E-state index in [2.05, 4.69) is 22.6 Å². The Labute approximate surface area is 228 Å². The van der Waals surface area contributed by atoms with Crippen LogP contribution in [0.5, 0.6) is 0 Å². The first-order valence-electron chi connectivity index (χ1n) is 12.1. The van der Waals surface area contributed by atoms with Gasteiger partial charge in [0.15, 0.2) is 0 Å². The Bertz CT molecular complexity index is 1540. The number of rotatable bonds is 9. The summed E-state index contributed by atoms with van der Waals surface area (Å²) in [6.07, 6.45) is 1.70. The molecular formula is C31H28ClN5O. The van der Waals surface area contributed by atoms with Crippen molar-refractivity contribution in [2.24, 2.45) is 4.99 Å². The number of aromatic nitrogens is 1. The van der Waals surface area contributed by atoms with Crippen LogP contribution in [0.2, 0.25) is 5.02 Å². The number of aryl methyl sites for hydroxylation is 1. The summed E-state index contributed by atoms with van der Waals surface area (Å²) in [6.45, 7) is 7.40. The molecule has 0 saturated carbocycles. The number of amides is 1. The average Bonchev–Trinajstić information content (AvgIpc) is 2.93. The zero-order valence-corrected chi connectivity index (χ0v) is 22.2. The number of hydrogen-bond donors (Lipinski definition) is 0. The Morgan fingerprint density at radius 2 is 1.84 bits per heavy atom. The number of carbonyl (C=O) groups is 1. The molecule has 7 heteroatoms. The van der Waals surface area contributed by atoms with Crippen LogP contribution in [0, 0.1) is 18.3 Å². The van der Waals surface area contributed by atoms with Gasteiger partial charge in [-0.1, -0.05) is 60.6 Å². The number of hydrogen-bond acceptors (Lipinski definition) is 4. The summed E-state index contributed by atoms with van der Waals surface area (Å²) < 4.78 is 0. The number of benzene rings is 3. The maximum Gasteiger partial charge on any atom is 0.273 e. The van der Waals surface area contributed by atoms with E-state index in [0.29, 0.717) is 35.1 Å². The van der Waals surface area contributed by atoms with E-state index in [0.717, 1.165) is 27.6 Å². The predicted octanol–water partition coefficient (Wildman–Crippen LogP) is 6.38. The second-order valence-electron chi connectivity index (χ2n) is 9.00. The number of carbonyl (C=O) groups excluding carboxylic acids is 1. The third kappa shape index (κ3) is 6.44. The zero-order chi connectivity index (χ0) is 27.1. The highest BCUT2D eigenvalue weighted by Crippen LogP contribution is 2.21. The van der Waals surface area contributed by atoms with E-state index < -0.39 is 0 Å². The van der Waals surface area contributed by atoms with Gasteiger partial charge in [-0.2, -0.15) is 5.26 Å². The average molecular weight is 522 g/mol. The number of para-hydroxylation sites is 1. The second kappa shape index (κ2) is 12.2. The maximum absolute atomic E-state index is 13.8. The standard InChI is InChI=1S/C31H28ClN5O/c1-22-16-28(32)14-12-27(22)20-36(31(38)30-15-13-26-6-4-5-7-29(26)35-30)18-23(2)37(21-34-3)19-25-10-8-24(17-33)9-11-25/h4-16,21H,2,18-20H2,1,3H3. The van der Waals surface area contributed by atoms with Gasteiger partial charge in [0.1, 0.15) is 5.69 Å². The fourth-order valence-electron chi connectivity index (χ4n) is 4.16. The van der Waals surface area contributed by atoms with Gasteiger partial charge in [-0.25, -0.2) is 4.98 Å². The van der Waals surface area contributed by atoms with E-state index in [4.69, 9.17) is 16.9 Å². The van der Waals surface area contributed by atoms with Crippen molar-refractivity contribution in [1.82, 2.24) is 14.8 Å². The molecule has 0 atom stereocenters. The quantitative estimate of drug-likeness (QED) is 0.189. The SMILES string of the molecule is C=C(CN(Cc1ccc(Cl)cc1C)C(=O)c1ccc2ccccc2n1)N(C=NC)Cc1ccc(C#N)cc1. The van der Waals surface area contributed by atoms with Gasteiger partial charge in [-0.05, 0) is 60.0 Å². The molecule has 1 amide bonds. The van der Waals surface area contributed by atoms with Gasteiger partial charge >= 0.3 is 0 Å². The summed E-state index contributed by atoms with van der Waals surface area (Å²) in [5.74, 6) is -0.196. The fourth-order valence-corrected chi connectivity index (χ4v) is 4.38. The van der Waals surface area contributed by atoms with Crippen molar-refractivity contribution in [3.63, 3.8) is 0 Å².